The summed E-state index contributed by atoms with van der Waals surface area (Å²) in [7, 11) is 1.23. The molecule has 0 aromatic rings. The molecule has 12 nitrogen and oxygen atoms in total. The predicted octanol–water partition coefficient (Wildman–Crippen LogP) is -2.95. The van der Waals surface area contributed by atoms with Crippen LogP contribution in [0.2, 0.25) is 0 Å². The monoisotopic (exact) mass is 374 g/mol. The number of ether oxygens (including phenoxy) is 3. The number of hydrogen-bond acceptors (Lipinski definition) is 8. The van der Waals surface area contributed by atoms with E-state index in [-0.39, 0.29) is 12.4 Å². The number of carbonyl (C=O) groups excluding carboxylic acids is 2. The molecule has 1 amide bonds. The van der Waals surface area contributed by atoms with Crippen LogP contribution in [0, 0.1) is 0 Å². The van der Waals surface area contributed by atoms with Crippen LogP contribution >= 0.6 is 0 Å². The molecule has 5 atom stereocenters. The molecule has 1 rings (SSSR count). The van der Waals surface area contributed by atoms with Gasteiger partial charge in [0, 0.05) is 14.0 Å². The van der Waals surface area contributed by atoms with Crippen LogP contribution in [0.1, 0.15) is 6.92 Å². The Morgan fingerprint density at radius 1 is 1.50 bits per heavy atom. The molecule has 0 bridgehead atoms. The molecule has 0 aromatic carbocycles. The standard InChI is InChI=1S/C14H22N4O8/c1-6(20)17-10-7(18-14(15)16)3-9(13(22)23)26-12(10)11(24-2)8(21)4-25-5-19/h3,5,7-8,10-12,21H,4H2,1-2H3,(H,17,20)(H,22,23)(H4,15,16,18)/t7-,8+,10+,11+,12+/m0/s1. The predicted molar refractivity (Wildman–Crippen MR) is 86.6 cm³/mol. The molecule has 0 saturated carbocycles. The average Bonchev–Trinajstić information content (AvgIpc) is 2.54. The highest BCUT2D eigenvalue weighted by Crippen LogP contribution is 2.26. The van der Waals surface area contributed by atoms with Gasteiger partial charge >= 0.3 is 5.97 Å². The second-order valence-corrected chi connectivity index (χ2v) is 5.39. The number of aliphatic hydroxyl groups is 1. The minimum absolute atomic E-state index is 0.133. The molecule has 0 radical (unpaired) electrons. The maximum absolute atomic E-state index is 11.6. The first kappa shape index (κ1) is 21.2. The van der Waals surface area contributed by atoms with E-state index >= 15 is 0 Å². The van der Waals surface area contributed by atoms with Crippen LogP contribution in [-0.2, 0) is 28.6 Å². The molecule has 0 spiro atoms. The van der Waals surface area contributed by atoms with Gasteiger partial charge in [-0.15, -0.1) is 0 Å². The maximum atomic E-state index is 11.6. The van der Waals surface area contributed by atoms with Gasteiger partial charge in [0.1, 0.15) is 18.8 Å². The molecule has 0 unspecified atom stereocenters. The number of aliphatic imine (C=N–C) groups is 1. The first-order valence-corrected chi connectivity index (χ1v) is 7.45. The SMILES string of the molecule is CO[C@@H]([C@@H]1OC(C(=O)O)=C[C@H](N=C(N)N)[C@H]1NC(C)=O)[C@H](O)COC=O. The van der Waals surface area contributed by atoms with E-state index in [9.17, 15) is 24.6 Å². The van der Waals surface area contributed by atoms with E-state index in [1.165, 1.54) is 14.0 Å². The number of carboxylic acid groups (broad SMARTS) is 1. The molecule has 0 saturated heterocycles. The van der Waals surface area contributed by atoms with Crippen LogP contribution in [0.25, 0.3) is 0 Å². The second-order valence-electron chi connectivity index (χ2n) is 5.39. The van der Waals surface area contributed by atoms with Crippen LogP contribution in [0.4, 0.5) is 0 Å². The summed E-state index contributed by atoms with van der Waals surface area (Å²) in [5, 5.41) is 22.0. The lowest BCUT2D eigenvalue weighted by Gasteiger charge is -2.39. The van der Waals surface area contributed by atoms with Crippen molar-refractivity contribution in [3.63, 3.8) is 0 Å². The van der Waals surface area contributed by atoms with Crippen molar-refractivity contribution in [2.24, 2.45) is 16.5 Å². The van der Waals surface area contributed by atoms with Crippen molar-refractivity contribution in [2.45, 2.75) is 37.3 Å². The third kappa shape index (κ3) is 5.60. The summed E-state index contributed by atoms with van der Waals surface area (Å²) in [6, 6.07) is -1.96. The fourth-order valence-corrected chi connectivity index (χ4v) is 2.54. The number of hydrogen-bond donors (Lipinski definition) is 5. The van der Waals surface area contributed by atoms with E-state index in [1.807, 2.05) is 0 Å². The number of guanidine groups is 1. The lowest BCUT2D eigenvalue weighted by Crippen LogP contribution is -2.60. The first-order valence-electron chi connectivity index (χ1n) is 7.45. The summed E-state index contributed by atoms with van der Waals surface area (Å²) in [6.07, 6.45) is -2.62. The van der Waals surface area contributed by atoms with E-state index < -0.39 is 54.6 Å². The number of aliphatic carboxylic acids is 1. The van der Waals surface area contributed by atoms with Gasteiger partial charge in [0.2, 0.25) is 11.7 Å². The van der Waals surface area contributed by atoms with E-state index in [0.29, 0.717) is 0 Å². The van der Waals surface area contributed by atoms with Gasteiger partial charge in [-0.1, -0.05) is 0 Å². The average molecular weight is 374 g/mol. The molecule has 1 heterocycles. The number of carbonyl (C=O) groups is 3. The van der Waals surface area contributed by atoms with Gasteiger partial charge in [-0.3, -0.25) is 9.59 Å². The van der Waals surface area contributed by atoms with Crippen molar-refractivity contribution >= 4 is 24.3 Å². The summed E-state index contributed by atoms with van der Waals surface area (Å²) in [5.74, 6) is -2.71. The first-order chi connectivity index (χ1) is 12.2. The van der Waals surface area contributed by atoms with Crippen molar-refractivity contribution in [3.8, 4) is 0 Å². The number of nitrogens with one attached hydrogen (secondary N) is 1. The van der Waals surface area contributed by atoms with Gasteiger partial charge in [0.15, 0.2) is 12.1 Å². The van der Waals surface area contributed by atoms with Gasteiger partial charge < -0.3 is 41.2 Å². The van der Waals surface area contributed by atoms with Gasteiger partial charge in [-0.25, -0.2) is 9.79 Å². The van der Waals surface area contributed by atoms with Gasteiger partial charge in [-0.2, -0.15) is 0 Å². The summed E-state index contributed by atoms with van der Waals surface area (Å²) in [6.45, 7) is 0.926. The van der Waals surface area contributed by atoms with Crippen LogP contribution < -0.4 is 16.8 Å². The van der Waals surface area contributed by atoms with Crippen LogP contribution in [0.5, 0.6) is 0 Å². The van der Waals surface area contributed by atoms with Crippen LogP contribution in [-0.4, -0.2) is 78.6 Å². The zero-order valence-corrected chi connectivity index (χ0v) is 14.2. The number of nitrogens with zero attached hydrogens (tertiary/aromatic N) is 1. The molecule has 7 N–H and O–H groups in total. The number of amides is 1. The number of carboxylic acids is 1. The zero-order chi connectivity index (χ0) is 19.9. The molecule has 26 heavy (non-hydrogen) atoms. The Hall–Kier alpha value is -2.86. The Morgan fingerprint density at radius 3 is 2.62 bits per heavy atom. The highest BCUT2D eigenvalue weighted by Gasteiger charge is 2.44. The van der Waals surface area contributed by atoms with E-state index in [0.717, 1.165) is 6.08 Å². The molecule has 12 heteroatoms. The Balaban J connectivity index is 3.30. The van der Waals surface area contributed by atoms with Crippen molar-refractivity contribution in [1.82, 2.24) is 5.32 Å². The fourth-order valence-electron chi connectivity index (χ4n) is 2.54. The largest absolute Gasteiger partial charge is 0.478 e. The molecule has 0 aliphatic carbocycles. The number of nitrogens with two attached hydrogens (primary N) is 2. The Morgan fingerprint density at radius 2 is 2.15 bits per heavy atom. The quantitative estimate of drug-likeness (QED) is 0.158. The van der Waals surface area contributed by atoms with E-state index in [2.05, 4.69) is 15.0 Å². The normalized spacial score (nSPS) is 24.3. The minimum Gasteiger partial charge on any atom is -0.478 e. The summed E-state index contributed by atoms with van der Waals surface area (Å²) in [5.41, 5.74) is 10.8. The zero-order valence-electron chi connectivity index (χ0n) is 14.2. The van der Waals surface area contributed by atoms with Gasteiger partial charge in [-0.05, 0) is 6.08 Å². The highest BCUT2D eigenvalue weighted by atomic mass is 16.6. The second kappa shape index (κ2) is 9.58. The number of aliphatic hydroxyl groups excluding tert-OH is 1. The van der Waals surface area contributed by atoms with Gasteiger partial charge in [0.05, 0.1) is 12.1 Å². The van der Waals surface area contributed by atoms with E-state index in [4.69, 9.17) is 20.9 Å². The molecular formula is C14H22N4O8. The maximum Gasteiger partial charge on any atom is 0.370 e. The highest BCUT2D eigenvalue weighted by molar-refractivity contribution is 5.85. The Bertz CT molecular complexity index is 589. The fraction of sp³-hybridized carbons (Fsp3) is 0.571. The molecule has 0 fully saturated rings. The Kier molecular flexibility index (Phi) is 7.80. The third-order valence-electron chi connectivity index (χ3n) is 3.50. The van der Waals surface area contributed by atoms with Crippen LogP contribution in [0.3, 0.4) is 0 Å². The lowest BCUT2D eigenvalue weighted by molar-refractivity contribution is -0.153. The summed E-state index contributed by atoms with van der Waals surface area (Å²) >= 11 is 0. The van der Waals surface area contributed by atoms with Crippen LogP contribution in [0.15, 0.2) is 16.8 Å². The summed E-state index contributed by atoms with van der Waals surface area (Å²) < 4.78 is 15.1. The topological polar surface area (TPSA) is 196 Å². The molecule has 1 aliphatic heterocycles. The molecule has 146 valence electrons. The minimum atomic E-state index is -1.40. The van der Waals surface area contributed by atoms with Crippen molar-refractivity contribution < 1.29 is 38.8 Å². The van der Waals surface area contributed by atoms with Crippen molar-refractivity contribution in [2.75, 3.05) is 13.7 Å². The summed E-state index contributed by atoms with van der Waals surface area (Å²) in [4.78, 5) is 37.1. The molecule has 1 aliphatic rings. The van der Waals surface area contributed by atoms with E-state index in [1.54, 1.807) is 0 Å². The number of rotatable bonds is 9. The van der Waals surface area contributed by atoms with Gasteiger partial charge in [0.25, 0.3) is 6.47 Å². The van der Waals surface area contributed by atoms with Crippen molar-refractivity contribution in [1.29, 1.82) is 0 Å². The Labute approximate surface area is 148 Å². The molecular weight excluding hydrogens is 352 g/mol. The van der Waals surface area contributed by atoms with Crippen molar-refractivity contribution in [3.05, 3.63) is 11.8 Å². The molecule has 0 aromatic heterocycles. The smallest absolute Gasteiger partial charge is 0.370 e. The third-order valence-corrected chi connectivity index (χ3v) is 3.50. The lowest BCUT2D eigenvalue weighted by atomic mass is 9.92. The number of methoxy groups -OCH3 is 1.